The first-order valence-electron chi connectivity index (χ1n) is 6.69. The van der Waals surface area contributed by atoms with Crippen molar-refractivity contribution in [1.29, 1.82) is 0 Å². The van der Waals surface area contributed by atoms with Crippen LogP contribution < -0.4 is 5.32 Å². The molecule has 2 rings (SSSR count). The van der Waals surface area contributed by atoms with E-state index in [4.69, 9.17) is 4.42 Å². The van der Waals surface area contributed by atoms with Crippen molar-refractivity contribution in [2.45, 2.75) is 62.0 Å². The fourth-order valence-electron chi connectivity index (χ4n) is 2.49. The van der Waals surface area contributed by atoms with Crippen molar-refractivity contribution in [3.8, 4) is 0 Å². The Bertz CT molecular complexity index is 302. The second kappa shape index (κ2) is 7.07. The minimum absolute atomic E-state index is 0.605. The molecule has 1 aromatic heterocycles. The lowest BCUT2D eigenvalue weighted by Gasteiger charge is -2.28. The number of hydrogen-bond donors (Lipinski definition) is 1. The molecule has 1 N–H and O–H groups in total. The van der Waals surface area contributed by atoms with E-state index in [9.17, 15) is 0 Å². The third-order valence-corrected chi connectivity index (χ3v) is 4.60. The van der Waals surface area contributed by atoms with Crippen molar-refractivity contribution in [3.05, 3.63) is 12.5 Å². The zero-order chi connectivity index (χ0) is 11.9. The minimum Gasteiger partial charge on any atom is -0.440 e. The number of thioether (sulfide) groups is 1. The van der Waals surface area contributed by atoms with Gasteiger partial charge < -0.3 is 9.73 Å². The minimum atomic E-state index is 0.605. The van der Waals surface area contributed by atoms with Crippen LogP contribution >= 0.6 is 11.8 Å². The van der Waals surface area contributed by atoms with Crippen molar-refractivity contribution in [1.82, 2.24) is 10.3 Å². The van der Waals surface area contributed by atoms with Crippen molar-refractivity contribution in [2.75, 3.05) is 6.54 Å². The molecule has 1 aliphatic rings. The van der Waals surface area contributed by atoms with Crippen LogP contribution in [0.4, 0.5) is 0 Å². The maximum Gasteiger partial charge on any atom is 0.255 e. The topological polar surface area (TPSA) is 38.1 Å². The van der Waals surface area contributed by atoms with Crippen molar-refractivity contribution < 1.29 is 4.42 Å². The summed E-state index contributed by atoms with van der Waals surface area (Å²) < 4.78 is 5.36. The van der Waals surface area contributed by atoms with Crippen LogP contribution in [0.25, 0.3) is 0 Å². The summed E-state index contributed by atoms with van der Waals surface area (Å²) in [5.74, 6) is 0. The van der Waals surface area contributed by atoms with Gasteiger partial charge in [0.25, 0.3) is 5.22 Å². The van der Waals surface area contributed by atoms with Crippen LogP contribution in [-0.4, -0.2) is 22.8 Å². The average molecular weight is 254 g/mol. The lowest BCUT2D eigenvalue weighted by Crippen LogP contribution is -2.38. The molecule has 4 heteroatoms. The molecule has 1 fully saturated rings. The Balaban J connectivity index is 1.96. The van der Waals surface area contributed by atoms with Gasteiger partial charge in [0.2, 0.25) is 0 Å². The summed E-state index contributed by atoms with van der Waals surface area (Å²) in [4.78, 5) is 4.23. The first kappa shape index (κ1) is 13.0. The van der Waals surface area contributed by atoms with Gasteiger partial charge in [-0.1, -0.05) is 44.4 Å². The van der Waals surface area contributed by atoms with Crippen LogP contribution in [0.2, 0.25) is 0 Å². The molecule has 1 aliphatic carbocycles. The largest absolute Gasteiger partial charge is 0.440 e. The average Bonchev–Trinajstić information content (AvgIpc) is 2.80. The molecule has 1 heterocycles. The smallest absolute Gasteiger partial charge is 0.255 e. The summed E-state index contributed by atoms with van der Waals surface area (Å²) >= 11 is 1.80. The summed E-state index contributed by atoms with van der Waals surface area (Å²) in [6.45, 7) is 3.24. The Morgan fingerprint density at radius 3 is 2.88 bits per heavy atom. The lowest BCUT2D eigenvalue weighted by atomic mass is 9.96. The Morgan fingerprint density at radius 1 is 1.35 bits per heavy atom. The molecule has 0 bridgehead atoms. The number of nitrogens with one attached hydrogen (secondary N) is 1. The highest BCUT2D eigenvalue weighted by Crippen LogP contribution is 2.31. The number of rotatable bonds is 4. The second-order valence-electron chi connectivity index (χ2n) is 4.61. The molecule has 17 heavy (non-hydrogen) atoms. The van der Waals surface area contributed by atoms with Gasteiger partial charge in [-0.15, -0.1) is 0 Å². The van der Waals surface area contributed by atoms with E-state index < -0.39 is 0 Å². The maximum absolute atomic E-state index is 5.36. The van der Waals surface area contributed by atoms with E-state index in [2.05, 4.69) is 17.2 Å². The zero-order valence-electron chi connectivity index (χ0n) is 10.5. The van der Waals surface area contributed by atoms with E-state index in [1.807, 2.05) is 0 Å². The Kier molecular flexibility index (Phi) is 5.39. The van der Waals surface area contributed by atoms with Gasteiger partial charge in [-0.3, -0.25) is 0 Å². The molecule has 1 saturated carbocycles. The molecule has 1 aromatic rings. The van der Waals surface area contributed by atoms with Crippen molar-refractivity contribution in [3.63, 3.8) is 0 Å². The predicted octanol–water partition coefficient (Wildman–Crippen LogP) is 3.47. The normalized spacial score (nSPS) is 26.4. The standard InChI is InChI=1S/C13H22N2OS/c1-2-14-11-7-5-3-4-6-8-12(11)17-13-15-9-10-16-13/h9-12,14H,2-8H2,1H3. The van der Waals surface area contributed by atoms with Gasteiger partial charge in [0.15, 0.2) is 0 Å². The van der Waals surface area contributed by atoms with Crippen LogP contribution in [0, 0.1) is 0 Å². The highest BCUT2D eigenvalue weighted by atomic mass is 32.2. The molecule has 0 saturated heterocycles. The third-order valence-electron chi connectivity index (χ3n) is 3.33. The van der Waals surface area contributed by atoms with E-state index in [0.717, 1.165) is 11.8 Å². The summed E-state index contributed by atoms with van der Waals surface area (Å²) in [7, 11) is 0. The van der Waals surface area contributed by atoms with Crippen molar-refractivity contribution >= 4 is 11.8 Å². The van der Waals surface area contributed by atoms with Gasteiger partial charge >= 0.3 is 0 Å². The molecule has 3 nitrogen and oxygen atoms in total. The molecule has 96 valence electrons. The van der Waals surface area contributed by atoms with Gasteiger partial charge in [0, 0.05) is 11.3 Å². The zero-order valence-corrected chi connectivity index (χ0v) is 11.3. The molecule has 0 spiro atoms. The van der Waals surface area contributed by atoms with E-state index in [-0.39, 0.29) is 0 Å². The van der Waals surface area contributed by atoms with E-state index in [0.29, 0.717) is 11.3 Å². The van der Waals surface area contributed by atoms with E-state index >= 15 is 0 Å². The summed E-state index contributed by atoms with van der Waals surface area (Å²) in [6.07, 6.45) is 11.4. The molecule has 0 radical (unpaired) electrons. The fraction of sp³-hybridized carbons (Fsp3) is 0.769. The molecule has 2 atom stereocenters. The highest BCUT2D eigenvalue weighted by molar-refractivity contribution is 7.99. The van der Waals surface area contributed by atoms with Gasteiger partial charge in [0.05, 0.1) is 6.20 Å². The SMILES string of the molecule is CCNC1CCCCCCC1Sc1ncco1. The Hall–Kier alpha value is -0.480. The molecular formula is C13H22N2OS. The van der Waals surface area contributed by atoms with Crippen LogP contribution in [0.15, 0.2) is 22.1 Å². The summed E-state index contributed by atoms with van der Waals surface area (Å²) in [6, 6.07) is 0.609. The molecular weight excluding hydrogens is 232 g/mol. The number of hydrogen-bond acceptors (Lipinski definition) is 4. The van der Waals surface area contributed by atoms with Gasteiger partial charge in [-0.2, -0.15) is 0 Å². The summed E-state index contributed by atoms with van der Waals surface area (Å²) in [5.41, 5.74) is 0. The highest BCUT2D eigenvalue weighted by Gasteiger charge is 2.24. The van der Waals surface area contributed by atoms with Crippen LogP contribution in [0.3, 0.4) is 0 Å². The number of aromatic nitrogens is 1. The van der Waals surface area contributed by atoms with Gasteiger partial charge in [-0.05, 0) is 19.4 Å². The lowest BCUT2D eigenvalue weighted by molar-refractivity contribution is 0.400. The van der Waals surface area contributed by atoms with E-state index in [1.165, 1.54) is 38.5 Å². The summed E-state index contributed by atoms with van der Waals surface area (Å²) in [5, 5.41) is 5.05. The Labute approximate surface area is 108 Å². The first-order chi connectivity index (χ1) is 8.40. The van der Waals surface area contributed by atoms with Gasteiger partial charge in [0.1, 0.15) is 6.26 Å². The van der Waals surface area contributed by atoms with Crippen LogP contribution in [0.5, 0.6) is 0 Å². The first-order valence-corrected chi connectivity index (χ1v) is 7.57. The fourth-order valence-corrected chi connectivity index (χ4v) is 3.66. The molecule has 2 unspecified atom stereocenters. The maximum atomic E-state index is 5.36. The number of oxazole rings is 1. The van der Waals surface area contributed by atoms with Gasteiger partial charge in [-0.25, -0.2) is 4.98 Å². The molecule has 0 aromatic carbocycles. The van der Waals surface area contributed by atoms with Crippen molar-refractivity contribution in [2.24, 2.45) is 0 Å². The Morgan fingerprint density at radius 2 is 2.18 bits per heavy atom. The van der Waals surface area contributed by atoms with Crippen LogP contribution in [-0.2, 0) is 0 Å². The quantitative estimate of drug-likeness (QED) is 0.893. The monoisotopic (exact) mass is 254 g/mol. The second-order valence-corrected chi connectivity index (χ2v) is 5.80. The third kappa shape index (κ3) is 4.03. The van der Waals surface area contributed by atoms with E-state index in [1.54, 1.807) is 24.2 Å². The predicted molar refractivity (Wildman–Crippen MR) is 71.3 cm³/mol. The van der Waals surface area contributed by atoms with Crippen LogP contribution in [0.1, 0.15) is 45.4 Å². The molecule has 0 aliphatic heterocycles. The molecule has 0 amide bonds. The number of nitrogens with zero attached hydrogens (tertiary/aromatic N) is 1.